The lowest BCUT2D eigenvalue weighted by Crippen LogP contribution is -2.30. The first-order valence-corrected chi connectivity index (χ1v) is 10.3. The van der Waals surface area contributed by atoms with Crippen molar-refractivity contribution in [1.29, 1.82) is 0 Å². The number of fused-ring (bicyclic) bond motifs is 1. The van der Waals surface area contributed by atoms with Gasteiger partial charge in [-0.25, -0.2) is 8.93 Å². The summed E-state index contributed by atoms with van der Waals surface area (Å²) in [6.07, 6.45) is 5.36. The molecule has 1 saturated heterocycles. The molecule has 0 radical (unpaired) electrons. The lowest BCUT2D eigenvalue weighted by atomic mass is 9.91. The summed E-state index contributed by atoms with van der Waals surface area (Å²) in [6.45, 7) is 8.82. The highest BCUT2D eigenvalue weighted by Crippen LogP contribution is 2.63. The predicted octanol–water partition coefficient (Wildman–Crippen LogP) is 3.31. The molecule has 1 aliphatic carbocycles. The molecule has 134 valence electrons. The maximum atomic E-state index is 10.8. The van der Waals surface area contributed by atoms with E-state index in [2.05, 4.69) is 41.7 Å². The van der Waals surface area contributed by atoms with E-state index in [1.807, 2.05) is 6.07 Å². The van der Waals surface area contributed by atoms with Crippen LogP contribution in [0.5, 0.6) is 0 Å². The summed E-state index contributed by atoms with van der Waals surface area (Å²) in [6, 6.07) is 8.53. The van der Waals surface area contributed by atoms with Crippen LogP contribution in [-0.2, 0) is 23.2 Å². The van der Waals surface area contributed by atoms with Gasteiger partial charge in [0.2, 0.25) is 11.3 Å². The van der Waals surface area contributed by atoms with Crippen LogP contribution >= 0.6 is 0 Å². The highest BCUT2D eigenvalue weighted by Gasteiger charge is 2.65. The van der Waals surface area contributed by atoms with Crippen molar-refractivity contribution in [1.82, 2.24) is 9.62 Å². The Bertz CT molecular complexity index is 580. The maximum Gasteiger partial charge on any atom is 0.232 e. The molecule has 1 aromatic rings. The van der Waals surface area contributed by atoms with Crippen molar-refractivity contribution in [3.05, 3.63) is 35.4 Å². The minimum Gasteiger partial charge on any atom is -0.303 e. The van der Waals surface area contributed by atoms with Crippen LogP contribution in [0.1, 0.15) is 50.7 Å². The Kier molecular flexibility index (Phi) is 5.75. The quantitative estimate of drug-likeness (QED) is 0.531. The van der Waals surface area contributed by atoms with Crippen LogP contribution in [0.25, 0.3) is 0 Å². The Hall–Kier alpha value is -0.750. The first kappa shape index (κ1) is 18.1. The minimum atomic E-state index is -1.95. The Morgan fingerprint density at radius 1 is 1.29 bits per heavy atom. The number of benzene rings is 1. The maximum absolute atomic E-state index is 10.8. The fourth-order valence-corrected chi connectivity index (χ4v) is 4.79. The molecule has 1 aromatic carbocycles. The lowest BCUT2D eigenvalue weighted by molar-refractivity contribution is 0.271. The lowest BCUT2D eigenvalue weighted by Gasteiger charge is -2.24. The van der Waals surface area contributed by atoms with E-state index in [4.69, 9.17) is 4.55 Å². The summed E-state index contributed by atoms with van der Waals surface area (Å²) >= 11 is -1.95. The molecular weight excluding hydrogens is 320 g/mol. The van der Waals surface area contributed by atoms with Crippen LogP contribution in [-0.4, -0.2) is 33.3 Å². The van der Waals surface area contributed by atoms with E-state index in [9.17, 15) is 4.21 Å². The van der Waals surface area contributed by atoms with E-state index in [-0.39, 0.29) is 0 Å². The molecule has 4 nitrogen and oxygen atoms in total. The second-order valence-electron chi connectivity index (χ2n) is 7.59. The summed E-state index contributed by atoms with van der Waals surface area (Å²) in [4.78, 5) is 2.65. The summed E-state index contributed by atoms with van der Waals surface area (Å²) in [7, 11) is 0. The number of hydrogen-bond donors (Lipinski definition) is 2. The van der Waals surface area contributed by atoms with Crippen LogP contribution in [0.15, 0.2) is 24.3 Å². The van der Waals surface area contributed by atoms with E-state index in [1.54, 1.807) is 0 Å². The fraction of sp³-hybridized carbons (Fsp3) is 0.684. The Morgan fingerprint density at radius 3 is 2.71 bits per heavy atom. The standard InChI is InChI=1S/C19H30N2O2S/c1-3-4-5-6-10-21-13-17-18(14-21)19(17,2)16-9-7-8-15(11-16)12-20-24(22)23/h7-9,11,17-18,20H,3-6,10,12-14H2,1-2H3,(H,22,23). The van der Waals surface area contributed by atoms with Crippen LogP contribution in [0.3, 0.4) is 0 Å². The topological polar surface area (TPSA) is 52.6 Å². The van der Waals surface area contributed by atoms with Crippen molar-refractivity contribution in [3.63, 3.8) is 0 Å². The second-order valence-corrected chi connectivity index (χ2v) is 8.37. The molecule has 1 aliphatic heterocycles. The summed E-state index contributed by atoms with van der Waals surface area (Å²) in [5.41, 5.74) is 2.78. The van der Waals surface area contributed by atoms with Gasteiger partial charge in [0.25, 0.3) is 0 Å². The number of unbranched alkanes of at least 4 members (excludes halogenated alkanes) is 3. The van der Waals surface area contributed by atoms with Gasteiger partial charge in [0.05, 0.1) is 0 Å². The first-order chi connectivity index (χ1) is 11.6. The first-order valence-electron chi connectivity index (χ1n) is 9.21. The average molecular weight is 351 g/mol. The van der Waals surface area contributed by atoms with Crippen molar-refractivity contribution < 1.29 is 8.76 Å². The van der Waals surface area contributed by atoms with Crippen LogP contribution in [0.4, 0.5) is 0 Å². The molecule has 3 rings (SSSR count). The predicted molar refractivity (Wildman–Crippen MR) is 99.0 cm³/mol. The number of likely N-dealkylation sites (tertiary alicyclic amines) is 1. The number of nitrogens with zero attached hydrogens (tertiary/aromatic N) is 1. The van der Waals surface area contributed by atoms with Gasteiger partial charge in [0.15, 0.2) is 0 Å². The summed E-state index contributed by atoms with van der Waals surface area (Å²) < 4.78 is 22.2. The van der Waals surface area contributed by atoms with Gasteiger partial charge in [-0.15, -0.1) is 0 Å². The fourth-order valence-electron chi connectivity index (χ4n) is 4.50. The molecule has 3 atom stereocenters. The third-order valence-corrected chi connectivity index (χ3v) is 6.49. The number of rotatable bonds is 9. The number of nitrogens with one attached hydrogen (secondary N) is 1. The van der Waals surface area contributed by atoms with Gasteiger partial charge in [-0.3, -0.25) is 4.55 Å². The molecule has 1 heterocycles. The smallest absolute Gasteiger partial charge is 0.232 e. The molecule has 1 saturated carbocycles. The molecule has 3 unspecified atom stereocenters. The van der Waals surface area contributed by atoms with Gasteiger partial charge >= 0.3 is 0 Å². The van der Waals surface area contributed by atoms with Gasteiger partial charge in [-0.2, -0.15) is 0 Å². The third kappa shape index (κ3) is 3.74. The Morgan fingerprint density at radius 2 is 2.04 bits per heavy atom. The van der Waals surface area contributed by atoms with Gasteiger partial charge in [-0.05, 0) is 35.9 Å². The van der Waals surface area contributed by atoms with E-state index in [0.29, 0.717) is 12.0 Å². The molecule has 0 aromatic heterocycles. The van der Waals surface area contributed by atoms with Gasteiger partial charge in [0, 0.05) is 25.0 Å². The van der Waals surface area contributed by atoms with E-state index >= 15 is 0 Å². The van der Waals surface area contributed by atoms with Gasteiger partial charge in [-0.1, -0.05) is 57.4 Å². The Balaban J connectivity index is 1.54. The van der Waals surface area contributed by atoms with Crippen molar-refractivity contribution >= 4 is 11.3 Å². The Labute approximate surface area is 148 Å². The third-order valence-electron chi connectivity index (χ3n) is 6.10. The molecule has 24 heavy (non-hydrogen) atoms. The largest absolute Gasteiger partial charge is 0.303 e. The van der Waals surface area contributed by atoms with Gasteiger partial charge < -0.3 is 4.90 Å². The van der Waals surface area contributed by atoms with E-state index in [0.717, 1.165) is 17.4 Å². The van der Waals surface area contributed by atoms with Crippen LogP contribution in [0, 0.1) is 11.8 Å². The van der Waals surface area contributed by atoms with E-state index in [1.165, 1.54) is 50.9 Å². The summed E-state index contributed by atoms with van der Waals surface area (Å²) in [5.74, 6) is 1.55. The second kappa shape index (κ2) is 7.65. The molecule has 0 amide bonds. The van der Waals surface area contributed by atoms with Gasteiger partial charge in [0.1, 0.15) is 0 Å². The van der Waals surface area contributed by atoms with Crippen molar-refractivity contribution in [3.8, 4) is 0 Å². The molecule has 0 bridgehead atoms. The molecule has 2 aliphatic rings. The van der Waals surface area contributed by atoms with Crippen molar-refractivity contribution in [2.75, 3.05) is 19.6 Å². The van der Waals surface area contributed by atoms with Crippen molar-refractivity contribution in [2.24, 2.45) is 11.8 Å². The molecular formula is C19H30N2O2S. The molecule has 2 fully saturated rings. The van der Waals surface area contributed by atoms with Crippen molar-refractivity contribution in [2.45, 2.75) is 51.5 Å². The minimum absolute atomic E-state index is 0.300. The average Bonchev–Trinajstić information content (AvgIpc) is 2.94. The number of hydrogen-bond acceptors (Lipinski definition) is 2. The zero-order chi connectivity index (χ0) is 17.2. The SMILES string of the molecule is CCCCCCN1CC2C(C1)C2(C)c1cccc(CNS(=O)O)c1. The van der Waals surface area contributed by atoms with E-state index < -0.39 is 11.3 Å². The number of piperidine rings is 1. The summed E-state index contributed by atoms with van der Waals surface area (Å²) in [5, 5.41) is 0. The molecule has 5 heteroatoms. The van der Waals surface area contributed by atoms with Crippen LogP contribution in [0.2, 0.25) is 0 Å². The zero-order valence-corrected chi connectivity index (χ0v) is 15.6. The zero-order valence-electron chi connectivity index (χ0n) is 14.8. The molecule has 0 spiro atoms. The highest BCUT2D eigenvalue weighted by atomic mass is 32.2. The monoisotopic (exact) mass is 350 g/mol. The molecule has 2 N–H and O–H groups in total. The highest BCUT2D eigenvalue weighted by molar-refractivity contribution is 7.77. The normalized spacial score (nSPS) is 30.3. The van der Waals surface area contributed by atoms with Crippen LogP contribution < -0.4 is 4.72 Å².